The molecule has 0 spiro atoms. The van der Waals surface area contributed by atoms with Gasteiger partial charge in [-0.05, 0) is 38.1 Å². The van der Waals surface area contributed by atoms with Crippen LogP contribution in [0, 0.1) is 5.92 Å². The Morgan fingerprint density at radius 1 is 1.41 bits per heavy atom. The third kappa shape index (κ3) is 6.88. The van der Waals surface area contributed by atoms with Crippen molar-refractivity contribution in [3.63, 3.8) is 0 Å². The van der Waals surface area contributed by atoms with Gasteiger partial charge in [-0.3, -0.25) is 0 Å². The summed E-state index contributed by atoms with van der Waals surface area (Å²) in [5, 5.41) is 3.21. The van der Waals surface area contributed by atoms with Crippen molar-refractivity contribution in [3.05, 3.63) is 0 Å². The molecule has 0 saturated carbocycles. The highest BCUT2D eigenvalue weighted by molar-refractivity contribution is 4.75. The van der Waals surface area contributed by atoms with Crippen molar-refractivity contribution in [3.8, 4) is 0 Å². The van der Waals surface area contributed by atoms with E-state index in [1.807, 2.05) is 6.92 Å². The molecule has 0 amide bonds. The van der Waals surface area contributed by atoms with Crippen molar-refractivity contribution in [2.75, 3.05) is 19.8 Å². The second kappa shape index (κ2) is 7.21. The first kappa shape index (κ1) is 14.8. The lowest BCUT2D eigenvalue weighted by atomic mass is 9.96. The average molecular weight is 253 g/mol. The van der Waals surface area contributed by atoms with Gasteiger partial charge in [-0.15, -0.1) is 0 Å². The maximum atomic E-state index is 12.2. The number of hydrogen-bond donors (Lipinski definition) is 1. The Labute approximate surface area is 101 Å². The van der Waals surface area contributed by atoms with Crippen LogP contribution in [0.5, 0.6) is 0 Å². The van der Waals surface area contributed by atoms with Crippen LogP contribution in [0.2, 0.25) is 0 Å². The molecule has 0 aliphatic carbocycles. The molecule has 1 aliphatic heterocycles. The van der Waals surface area contributed by atoms with Crippen molar-refractivity contribution in [1.29, 1.82) is 0 Å². The maximum absolute atomic E-state index is 12.2. The molecular formula is C12H22F3NO. The van der Waals surface area contributed by atoms with E-state index in [9.17, 15) is 13.2 Å². The first-order valence-electron chi connectivity index (χ1n) is 6.39. The second-order valence-electron chi connectivity index (χ2n) is 4.77. The van der Waals surface area contributed by atoms with E-state index in [1.54, 1.807) is 0 Å². The molecule has 5 heteroatoms. The molecule has 102 valence electrons. The molecule has 1 saturated heterocycles. The van der Waals surface area contributed by atoms with Crippen molar-refractivity contribution in [2.45, 2.75) is 51.2 Å². The molecule has 1 rings (SSSR count). The number of ether oxygens (including phenoxy) is 1. The third-order valence-corrected chi connectivity index (χ3v) is 3.10. The Hall–Kier alpha value is -0.290. The van der Waals surface area contributed by atoms with Gasteiger partial charge in [0.25, 0.3) is 0 Å². The summed E-state index contributed by atoms with van der Waals surface area (Å²) in [6, 6.07) is -0.0247. The van der Waals surface area contributed by atoms with Crippen LogP contribution in [-0.4, -0.2) is 32.0 Å². The summed E-state index contributed by atoms with van der Waals surface area (Å²) < 4.78 is 41.9. The SMILES string of the molecule is CCCNC(CCC(F)(F)F)CC1CCOC1. The van der Waals surface area contributed by atoms with Crippen molar-refractivity contribution < 1.29 is 17.9 Å². The van der Waals surface area contributed by atoms with Gasteiger partial charge >= 0.3 is 6.18 Å². The van der Waals surface area contributed by atoms with E-state index in [0.29, 0.717) is 12.5 Å². The summed E-state index contributed by atoms with van der Waals surface area (Å²) in [6.07, 6.45) is -1.82. The van der Waals surface area contributed by atoms with Gasteiger partial charge < -0.3 is 10.1 Å². The summed E-state index contributed by atoms with van der Waals surface area (Å²) in [7, 11) is 0. The summed E-state index contributed by atoms with van der Waals surface area (Å²) in [5.41, 5.74) is 0. The van der Waals surface area contributed by atoms with E-state index >= 15 is 0 Å². The quantitative estimate of drug-likeness (QED) is 0.752. The lowest BCUT2D eigenvalue weighted by Gasteiger charge is -2.21. The maximum Gasteiger partial charge on any atom is 0.389 e. The Balaban J connectivity index is 2.30. The predicted molar refractivity (Wildman–Crippen MR) is 60.9 cm³/mol. The monoisotopic (exact) mass is 253 g/mol. The largest absolute Gasteiger partial charge is 0.389 e. The van der Waals surface area contributed by atoms with Crippen LogP contribution in [0.25, 0.3) is 0 Å². The fraction of sp³-hybridized carbons (Fsp3) is 1.00. The molecule has 0 aromatic rings. The summed E-state index contributed by atoms with van der Waals surface area (Å²) >= 11 is 0. The molecule has 2 atom stereocenters. The van der Waals surface area contributed by atoms with Crippen LogP contribution >= 0.6 is 0 Å². The van der Waals surface area contributed by atoms with Crippen LogP contribution in [-0.2, 0) is 4.74 Å². The molecule has 1 fully saturated rings. The highest BCUT2D eigenvalue weighted by Gasteiger charge is 2.29. The van der Waals surface area contributed by atoms with Crippen LogP contribution in [0.1, 0.15) is 39.0 Å². The van der Waals surface area contributed by atoms with E-state index in [-0.39, 0.29) is 12.5 Å². The summed E-state index contributed by atoms with van der Waals surface area (Å²) in [5.74, 6) is 0.428. The van der Waals surface area contributed by atoms with E-state index < -0.39 is 12.6 Å². The number of hydrogen-bond acceptors (Lipinski definition) is 2. The van der Waals surface area contributed by atoms with Crippen LogP contribution in [0.15, 0.2) is 0 Å². The molecule has 2 nitrogen and oxygen atoms in total. The highest BCUT2D eigenvalue weighted by Crippen LogP contribution is 2.25. The zero-order chi connectivity index (χ0) is 12.7. The smallest absolute Gasteiger partial charge is 0.381 e. The molecule has 17 heavy (non-hydrogen) atoms. The fourth-order valence-electron chi connectivity index (χ4n) is 2.16. The second-order valence-corrected chi connectivity index (χ2v) is 4.77. The minimum absolute atomic E-state index is 0.0247. The summed E-state index contributed by atoms with van der Waals surface area (Å²) in [4.78, 5) is 0. The summed E-state index contributed by atoms with van der Waals surface area (Å²) in [6.45, 7) is 4.27. The minimum Gasteiger partial charge on any atom is -0.381 e. The highest BCUT2D eigenvalue weighted by atomic mass is 19.4. The van der Waals surface area contributed by atoms with Gasteiger partial charge in [0.2, 0.25) is 0 Å². The van der Waals surface area contributed by atoms with E-state index in [4.69, 9.17) is 4.74 Å². The lowest BCUT2D eigenvalue weighted by molar-refractivity contribution is -0.136. The van der Waals surface area contributed by atoms with Crippen LogP contribution in [0.3, 0.4) is 0 Å². The van der Waals surface area contributed by atoms with Gasteiger partial charge in [0, 0.05) is 25.7 Å². The minimum atomic E-state index is -4.04. The van der Waals surface area contributed by atoms with Gasteiger partial charge in [-0.25, -0.2) is 0 Å². The van der Waals surface area contributed by atoms with E-state index in [1.165, 1.54) is 0 Å². The molecule has 0 bridgehead atoms. The molecule has 0 aromatic heterocycles. The molecule has 1 heterocycles. The average Bonchev–Trinajstić information content (AvgIpc) is 2.73. The van der Waals surface area contributed by atoms with Crippen molar-refractivity contribution >= 4 is 0 Å². The normalized spacial score (nSPS) is 22.9. The molecule has 0 radical (unpaired) electrons. The van der Waals surface area contributed by atoms with Gasteiger partial charge in [0.15, 0.2) is 0 Å². The van der Waals surface area contributed by atoms with Crippen molar-refractivity contribution in [2.24, 2.45) is 5.92 Å². The topological polar surface area (TPSA) is 21.3 Å². The first-order chi connectivity index (χ1) is 8.01. The number of rotatable bonds is 7. The number of alkyl halides is 3. The molecular weight excluding hydrogens is 231 g/mol. The van der Waals surface area contributed by atoms with Gasteiger partial charge in [0.1, 0.15) is 0 Å². The molecule has 0 aromatic carbocycles. The zero-order valence-electron chi connectivity index (χ0n) is 10.4. The van der Waals surface area contributed by atoms with Crippen LogP contribution in [0.4, 0.5) is 13.2 Å². The fourth-order valence-corrected chi connectivity index (χ4v) is 2.16. The van der Waals surface area contributed by atoms with E-state index in [2.05, 4.69) is 5.32 Å². The Morgan fingerprint density at radius 3 is 2.71 bits per heavy atom. The van der Waals surface area contributed by atoms with Gasteiger partial charge in [-0.2, -0.15) is 13.2 Å². The zero-order valence-corrected chi connectivity index (χ0v) is 10.4. The lowest BCUT2D eigenvalue weighted by Crippen LogP contribution is -2.33. The molecule has 1 aliphatic rings. The molecule has 2 unspecified atom stereocenters. The van der Waals surface area contributed by atoms with Gasteiger partial charge in [-0.1, -0.05) is 6.92 Å². The Morgan fingerprint density at radius 2 is 2.18 bits per heavy atom. The first-order valence-corrected chi connectivity index (χ1v) is 6.39. The molecule has 1 N–H and O–H groups in total. The van der Waals surface area contributed by atoms with E-state index in [0.717, 1.165) is 32.4 Å². The Bertz CT molecular complexity index is 202. The predicted octanol–water partition coefficient (Wildman–Crippen LogP) is 3.12. The van der Waals surface area contributed by atoms with Crippen LogP contribution < -0.4 is 5.32 Å². The third-order valence-electron chi connectivity index (χ3n) is 3.10. The van der Waals surface area contributed by atoms with Gasteiger partial charge in [0.05, 0.1) is 0 Å². The Kier molecular flexibility index (Phi) is 6.27. The standard InChI is InChI=1S/C12H22F3NO/c1-2-6-16-11(3-5-12(13,14)15)8-10-4-7-17-9-10/h10-11,16H,2-9H2,1H3. The number of nitrogens with one attached hydrogen (secondary N) is 1. The number of halogens is 3. The van der Waals surface area contributed by atoms with Crippen molar-refractivity contribution in [1.82, 2.24) is 5.32 Å².